The van der Waals surface area contributed by atoms with Crippen LogP contribution in [0, 0.1) is 5.41 Å². The molecule has 0 N–H and O–H groups in total. The molecule has 3 rings (SSSR count). The lowest BCUT2D eigenvalue weighted by Crippen LogP contribution is -2.40. The summed E-state index contributed by atoms with van der Waals surface area (Å²) in [6.45, 7) is 3.42. The molecule has 2 fully saturated rings. The van der Waals surface area contributed by atoms with Crippen LogP contribution in [0.25, 0.3) is 0 Å². The Labute approximate surface area is 121 Å². The highest BCUT2D eigenvalue weighted by Crippen LogP contribution is 2.44. The van der Waals surface area contributed by atoms with Crippen LogP contribution in [0.4, 0.5) is 0 Å². The fourth-order valence-electron chi connectivity index (χ4n) is 3.75. The van der Waals surface area contributed by atoms with Crippen LogP contribution in [0.3, 0.4) is 0 Å². The largest absolute Gasteiger partial charge is 0.297 e. The van der Waals surface area contributed by atoms with Crippen molar-refractivity contribution in [3.05, 3.63) is 29.0 Å². The monoisotopic (exact) mass is 278 g/mol. The summed E-state index contributed by atoms with van der Waals surface area (Å²) in [5, 5.41) is 0.610. The van der Waals surface area contributed by atoms with Crippen molar-refractivity contribution < 1.29 is 0 Å². The Morgan fingerprint density at radius 3 is 2.47 bits per heavy atom. The first-order valence-corrected chi connectivity index (χ1v) is 7.97. The lowest BCUT2D eigenvalue weighted by molar-refractivity contribution is 0.0635. The molecule has 104 valence electrons. The minimum Gasteiger partial charge on any atom is -0.297 e. The lowest BCUT2D eigenvalue weighted by Gasteiger charge is -2.44. The van der Waals surface area contributed by atoms with E-state index in [1.165, 1.54) is 58.0 Å². The van der Waals surface area contributed by atoms with E-state index in [0.717, 1.165) is 12.2 Å². The SMILES string of the molecule is Clc1cccc(CN2CCC3(CCCCC3)CC2)n1. The molecule has 1 aliphatic carbocycles. The third-order valence-corrected chi connectivity index (χ3v) is 5.20. The summed E-state index contributed by atoms with van der Waals surface area (Å²) in [5.41, 5.74) is 1.79. The Balaban J connectivity index is 1.55. The Bertz CT molecular complexity index is 417. The summed E-state index contributed by atoms with van der Waals surface area (Å²) in [6.07, 6.45) is 10.1. The fraction of sp³-hybridized carbons (Fsp3) is 0.688. The number of halogens is 1. The molecule has 1 spiro atoms. The second-order valence-corrected chi connectivity index (χ2v) is 6.68. The number of aromatic nitrogens is 1. The van der Waals surface area contributed by atoms with Crippen LogP contribution in [0.2, 0.25) is 5.15 Å². The van der Waals surface area contributed by atoms with Crippen molar-refractivity contribution in [3.63, 3.8) is 0 Å². The molecule has 3 heteroatoms. The molecule has 2 aliphatic rings. The summed E-state index contributed by atoms with van der Waals surface area (Å²) in [5.74, 6) is 0. The highest BCUT2D eigenvalue weighted by atomic mass is 35.5. The molecule has 0 bridgehead atoms. The molecule has 2 nitrogen and oxygen atoms in total. The molecule has 0 unspecified atom stereocenters. The van der Waals surface area contributed by atoms with Crippen molar-refractivity contribution in [3.8, 4) is 0 Å². The van der Waals surface area contributed by atoms with E-state index in [2.05, 4.69) is 16.0 Å². The van der Waals surface area contributed by atoms with Gasteiger partial charge in [0.2, 0.25) is 0 Å². The zero-order valence-corrected chi connectivity index (χ0v) is 12.3. The van der Waals surface area contributed by atoms with Crippen molar-refractivity contribution >= 4 is 11.6 Å². The second kappa shape index (κ2) is 5.80. The normalized spacial score (nSPS) is 23.6. The van der Waals surface area contributed by atoms with Gasteiger partial charge in [-0.1, -0.05) is 36.9 Å². The number of hydrogen-bond donors (Lipinski definition) is 0. The zero-order valence-electron chi connectivity index (χ0n) is 11.6. The molecule has 0 radical (unpaired) electrons. The van der Waals surface area contributed by atoms with Gasteiger partial charge in [-0.15, -0.1) is 0 Å². The molecular formula is C16H23ClN2. The predicted octanol–water partition coefficient (Wildman–Crippen LogP) is 4.28. The topological polar surface area (TPSA) is 16.1 Å². The molecule has 1 saturated carbocycles. The standard InChI is InChI=1S/C16H23ClN2/c17-15-6-4-5-14(18-15)13-19-11-9-16(10-12-19)7-2-1-3-8-16/h4-6H,1-3,7-13H2. The molecule has 1 aromatic rings. The predicted molar refractivity (Wildman–Crippen MR) is 79.3 cm³/mol. The van der Waals surface area contributed by atoms with Crippen LogP contribution in [-0.2, 0) is 6.54 Å². The molecule has 0 aromatic carbocycles. The van der Waals surface area contributed by atoms with E-state index in [1.54, 1.807) is 0 Å². The molecule has 0 amide bonds. The van der Waals surface area contributed by atoms with Crippen molar-refractivity contribution in [2.24, 2.45) is 5.41 Å². The Morgan fingerprint density at radius 2 is 1.79 bits per heavy atom. The number of piperidine rings is 1. The van der Waals surface area contributed by atoms with Crippen LogP contribution in [0.1, 0.15) is 50.6 Å². The van der Waals surface area contributed by atoms with Crippen molar-refractivity contribution in [2.45, 2.75) is 51.5 Å². The number of nitrogens with zero attached hydrogens (tertiary/aromatic N) is 2. The van der Waals surface area contributed by atoms with Gasteiger partial charge in [-0.05, 0) is 56.3 Å². The smallest absolute Gasteiger partial charge is 0.129 e. The minimum atomic E-state index is 0.610. The van der Waals surface area contributed by atoms with Gasteiger partial charge in [0.25, 0.3) is 0 Å². The molecule has 1 saturated heterocycles. The third-order valence-electron chi connectivity index (χ3n) is 4.99. The first-order valence-electron chi connectivity index (χ1n) is 7.60. The maximum Gasteiger partial charge on any atom is 0.129 e. The van der Waals surface area contributed by atoms with E-state index < -0.39 is 0 Å². The van der Waals surface area contributed by atoms with E-state index in [-0.39, 0.29) is 0 Å². The first kappa shape index (κ1) is 13.4. The molecule has 0 atom stereocenters. The van der Waals surface area contributed by atoms with Crippen molar-refractivity contribution in [1.82, 2.24) is 9.88 Å². The van der Waals surface area contributed by atoms with Crippen molar-refractivity contribution in [2.75, 3.05) is 13.1 Å². The fourth-order valence-corrected chi connectivity index (χ4v) is 3.94. The number of hydrogen-bond acceptors (Lipinski definition) is 2. The molecule has 1 aromatic heterocycles. The van der Waals surface area contributed by atoms with Gasteiger partial charge >= 0.3 is 0 Å². The summed E-state index contributed by atoms with van der Waals surface area (Å²) < 4.78 is 0. The third kappa shape index (κ3) is 3.29. The summed E-state index contributed by atoms with van der Waals surface area (Å²) in [6, 6.07) is 5.92. The molecule has 19 heavy (non-hydrogen) atoms. The van der Waals surface area contributed by atoms with Crippen LogP contribution < -0.4 is 0 Å². The summed E-state index contributed by atoms with van der Waals surface area (Å²) in [7, 11) is 0. The minimum absolute atomic E-state index is 0.610. The van der Waals surface area contributed by atoms with Gasteiger partial charge in [0.1, 0.15) is 5.15 Å². The number of likely N-dealkylation sites (tertiary alicyclic amines) is 1. The van der Waals surface area contributed by atoms with Crippen molar-refractivity contribution in [1.29, 1.82) is 0 Å². The van der Waals surface area contributed by atoms with Crippen LogP contribution in [-0.4, -0.2) is 23.0 Å². The lowest BCUT2D eigenvalue weighted by atomic mass is 9.68. The van der Waals surface area contributed by atoms with Gasteiger partial charge in [-0.2, -0.15) is 0 Å². The van der Waals surface area contributed by atoms with Gasteiger partial charge in [0.15, 0.2) is 0 Å². The maximum atomic E-state index is 5.95. The van der Waals surface area contributed by atoms with Crippen LogP contribution in [0.5, 0.6) is 0 Å². The first-order chi connectivity index (χ1) is 9.26. The van der Waals surface area contributed by atoms with E-state index in [4.69, 9.17) is 11.6 Å². The van der Waals surface area contributed by atoms with E-state index >= 15 is 0 Å². The summed E-state index contributed by atoms with van der Waals surface area (Å²) >= 11 is 5.95. The van der Waals surface area contributed by atoms with E-state index in [9.17, 15) is 0 Å². The van der Waals surface area contributed by atoms with Gasteiger partial charge < -0.3 is 0 Å². The van der Waals surface area contributed by atoms with E-state index in [1.807, 2.05) is 12.1 Å². The van der Waals surface area contributed by atoms with Crippen LogP contribution in [0.15, 0.2) is 18.2 Å². The van der Waals surface area contributed by atoms with Gasteiger partial charge in [-0.3, -0.25) is 4.90 Å². The summed E-state index contributed by atoms with van der Waals surface area (Å²) in [4.78, 5) is 6.94. The van der Waals surface area contributed by atoms with Gasteiger partial charge in [0, 0.05) is 6.54 Å². The number of pyridine rings is 1. The maximum absolute atomic E-state index is 5.95. The molecule has 1 aliphatic heterocycles. The molecular weight excluding hydrogens is 256 g/mol. The average Bonchev–Trinajstić information content (AvgIpc) is 2.43. The van der Waals surface area contributed by atoms with Crippen LogP contribution >= 0.6 is 11.6 Å². The van der Waals surface area contributed by atoms with Gasteiger partial charge in [0.05, 0.1) is 5.69 Å². The van der Waals surface area contributed by atoms with E-state index in [0.29, 0.717) is 10.6 Å². The Morgan fingerprint density at radius 1 is 1.05 bits per heavy atom. The Kier molecular flexibility index (Phi) is 4.09. The highest BCUT2D eigenvalue weighted by Gasteiger charge is 2.35. The second-order valence-electron chi connectivity index (χ2n) is 6.29. The zero-order chi connectivity index (χ0) is 13.1. The highest BCUT2D eigenvalue weighted by molar-refractivity contribution is 6.29. The quantitative estimate of drug-likeness (QED) is 0.751. The number of rotatable bonds is 2. The Hall–Kier alpha value is -0.600. The van der Waals surface area contributed by atoms with Gasteiger partial charge in [-0.25, -0.2) is 4.98 Å². The average molecular weight is 279 g/mol. The molecule has 2 heterocycles.